The molecule has 0 aromatic heterocycles. The molecule has 1 aliphatic heterocycles. The first-order valence-electron chi connectivity index (χ1n) is 8.57. The summed E-state index contributed by atoms with van der Waals surface area (Å²) in [6, 6.07) is 6.55. The van der Waals surface area contributed by atoms with Crippen molar-refractivity contribution in [1.29, 1.82) is 0 Å². The maximum absolute atomic E-state index is 13.2. The number of hydrogen-bond acceptors (Lipinski definition) is 5. The molecule has 1 heterocycles. The van der Waals surface area contributed by atoms with Crippen LogP contribution in [0, 0.1) is 0 Å². The molecule has 138 valence electrons. The maximum Gasteiger partial charge on any atom is 0.233 e. The van der Waals surface area contributed by atoms with Crippen LogP contribution in [0.2, 0.25) is 0 Å². The zero-order valence-corrected chi connectivity index (χ0v) is 15.4. The fourth-order valence-corrected chi connectivity index (χ4v) is 4.32. The van der Waals surface area contributed by atoms with Crippen LogP contribution < -0.4 is 0 Å². The number of hydrogen-bond donors (Lipinski definition) is 2. The second-order valence-corrected chi connectivity index (χ2v) is 9.62. The molecule has 2 N–H and O–H groups in total. The normalized spacial score (nSPS) is 29.1. The summed E-state index contributed by atoms with van der Waals surface area (Å²) in [5, 5.41) is 20.2. The third kappa shape index (κ3) is 3.20. The van der Waals surface area contributed by atoms with E-state index in [4.69, 9.17) is 0 Å². The Bertz CT molecular complexity index is 765. The number of benzene rings is 1. The summed E-state index contributed by atoms with van der Waals surface area (Å²) in [4.78, 5) is 15.0. The number of nitrogens with zero attached hydrogens (tertiary/aromatic N) is 1. The summed E-state index contributed by atoms with van der Waals surface area (Å²) in [5.41, 5.74) is -0.984. The number of likely N-dealkylation sites (tertiary alicyclic amines) is 1. The van der Waals surface area contributed by atoms with Crippen LogP contribution in [-0.2, 0) is 20.0 Å². The predicted octanol–water partition coefficient (Wildman–Crippen LogP) is 0.856. The van der Waals surface area contributed by atoms with E-state index in [-0.39, 0.29) is 17.3 Å². The van der Waals surface area contributed by atoms with Gasteiger partial charge in [0, 0.05) is 19.3 Å². The molecule has 25 heavy (non-hydrogen) atoms. The average Bonchev–Trinajstić information content (AvgIpc) is 2.48. The van der Waals surface area contributed by atoms with Gasteiger partial charge in [0.05, 0.1) is 22.0 Å². The first kappa shape index (κ1) is 18.4. The lowest BCUT2D eigenvalue weighted by Gasteiger charge is -2.47. The highest BCUT2D eigenvalue weighted by Gasteiger charge is 2.49. The van der Waals surface area contributed by atoms with Crippen LogP contribution in [0.1, 0.15) is 38.2 Å². The van der Waals surface area contributed by atoms with Crippen molar-refractivity contribution in [2.75, 3.05) is 19.3 Å². The van der Waals surface area contributed by atoms with E-state index in [2.05, 4.69) is 0 Å². The fraction of sp³-hybridized carbons (Fsp3) is 0.611. The fourth-order valence-electron chi connectivity index (χ4n) is 3.69. The number of carbonyl (C=O) groups is 1. The number of amides is 1. The summed E-state index contributed by atoms with van der Waals surface area (Å²) < 4.78 is 23.3. The van der Waals surface area contributed by atoms with E-state index in [9.17, 15) is 23.4 Å². The monoisotopic (exact) mass is 367 g/mol. The first-order chi connectivity index (χ1) is 11.6. The van der Waals surface area contributed by atoms with E-state index < -0.39 is 27.0 Å². The highest BCUT2D eigenvalue weighted by Crippen LogP contribution is 2.46. The van der Waals surface area contributed by atoms with Gasteiger partial charge in [-0.3, -0.25) is 4.79 Å². The van der Waals surface area contributed by atoms with E-state index >= 15 is 0 Å². The molecule has 1 aromatic carbocycles. The highest BCUT2D eigenvalue weighted by atomic mass is 32.2. The van der Waals surface area contributed by atoms with Crippen molar-refractivity contribution in [1.82, 2.24) is 4.90 Å². The summed E-state index contributed by atoms with van der Waals surface area (Å²) in [7, 11) is -3.27. The molecule has 0 bridgehead atoms. The smallest absolute Gasteiger partial charge is 0.233 e. The minimum absolute atomic E-state index is 0.0413. The molecule has 1 aromatic rings. The predicted molar refractivity (Wildman–Crippen MR) is 92.9 cm³/mol. The SMILES string of the molecule is C[C@@]1(O)CCN(C(=O)C2(c3ccc(S(C)(=O)=O)cc3)CCC2)C[C@@H]1O. The highest BCUT2D eigenvalue weighted by molar-refractivity contribution is 7.90. The average molecular weight is 367 g/mol. The number of rotatable bonds is 3. The second-order valence-electron chi connectivity index (χ2n) is 7.61. The van der Waals surface area contributed by atoms with Crippen LogP contribution in [0.3, 0.4) is 0 Å². The van der Waals surface area contributed by atoms with Gasteiger partial charge in [0.1, 0.15) is 0 Å². The Hall–Kier alpha value is -1.44. The molecule has 3 rings (SSSR count). The molecule has 0 radical (unpaired) electrons. The van der Waals surface area contributed by atoms with Crippen LogP contribution in [0.15, 0.2) is 29.2 Å². The van der Waals surface area contributed by atoms with Gasteiger partial charge in [0.15, 0.2) is 9.84 Å². The minimum Gasteiger partial charge on any atom is -0.388 e. The molecule has 2 atom stereocenters. The molecular weight excluding hydrogens is 342 g/mol. The lowest BCUT2D eigenvalue weighted by Crippen LogP contribution is -2.60. The van der Waals surface area contributed by atoms with Crippen molar-refractivity contribution in [3.8, 4) is 0 Å². The summed E-state index contributed by atoms with van der Waals surface area (Å²) in [6.45, 7) is 2.11. The van der Waals surface area contributed by atoms with Gasteiger partial charge in [0.25, 0.3) is 0 Å². The number of carbonyl (C=O) groups excluding carboxylic acids is 1. The Morgan fingerprint density at radius 2 is 1.80 bits per heavy atom. The Labute approximate surface area is 148 Å². The van der Waals surface area contributed by atoms with Crippen molar-refractivity contribution in [3.63, 3.8) is 0 Å². The summed E-state index contributed by atoms with van der Waals surface area (Å²) in [6.07, 6.45) is 2.90. The zero-order chi connectivity index (χ0) is 18.5. The topological polar surface area (TPSA) is 94.9 Å². The van der Waals surface area contributed by atoms with E-state index in [1.807, 2.05) is 0 Å². The van der Waals surface area contributed by atoms with Gasteiger partial charge < -0.3 is 15.1 Å². The van der Waals surface area contributed by atoms with Crippen LogP contribution in [-0.4, -0.2) is 60.5 Å². The van der Waals surface area contributed by atoms with Gasteiger partial charge in [-0.15, -0.1) is 0 Å². The third-order valence-electron chi connectivity index (χ3n) is 5.74. The van der Waals surface area contributed by atoms with E-state index in [0.29, 0.717) is 25.8 Å². The van der Waals surface area contributed by atoms with Gasteiger partial charge >= 0.3 is 0 Å². The number of piperidine rings is 1. The van der Waals surface area contributed by atoms with E-state index in [0.717, 1.165) is 18.2 Å². The van der Waals surface area contributed by atoms with Gasteiger partial charge in [-0.1, -0.05) is 18.6 Å². The quantitative estimate of drug-likeness (QED) is 0.826. The molecule has 1 amide bonds. The number of β-amino-alcohol motifs (C(OH)–C–C–N with tert-alkyl or cyclic N) is 1. The molecule has 6 nitrogen and oxygen atoms in total. The van der Waals surface area contributed by atoms with Gasteiger partial charge in [-0.2, -0.15) is 0 Å². The van der Waals surface area contributed by atoms with Crippen LogP contribution in [0.25, 0.3) is 0 Å². The first-order valence-corrected chi connectivity index (χ1v) is 10.5. The van der Waals surface area contributed by atoms with Crippen molar-refractivity contribution >= 4 is 15.7 Å². The lowest BCUT2D eigenvalue weighted by atomic mass is 9.63. The molecule has 7 heteroatoms. The molecule has 0 spiro atoms. The number of aliphatic hydroxyl groups is 2. The zero-order valence-electron chi connectivity index (χ0n) is 14.6. The standard InChI is InChI=1S/C18H25NO5S/c1-17(22)10-11-19(12-15(17)20)16(21)18(8-3-9-18)13-4-6-14(7-5-13)25(2,23)24/h4-7,15,20,22H,3,8-12H2,1-2H3/t15-,17+/m0/s1. The third-order valence-corrected chi connectivity index (χ3v) is 6.87. The molecule has 0 unspecified atom stereocenters. The number of sulfone groups is 1. The molecular formula is C18H25NO5S. The summed E-state index contributed by atoms with van der Waals surface area (Å²) >= 11 is 0. The second kappa shape index (κ2) is 6.07. The Balaban J connectivity index is 1.85. The minimum atomic E-state index is -3.27. The van der Waals surface area contributed by atoms with Crippen LogP contribution in [0.5, 0.6) is 0 Å². The Morgan fingerprint density at radius 1 is 1.20 bits per heavy atom. The van der Waals surface area contributed by atoms with Crippen molar-refractivity contribution in [2.45, 2.75) is 54.6 Å². The molecule has 2 aliphatic rings. The van der Waals surface area contributed by atoms with Gasteiger partial charge in [-0.25, -0.2) is 8.42 Å². The van der Waals surface area contributed by atoms with E-state index in [1.54, 1.807) is 36.1 Å². The van der Waals surface area contributed by atoms with Crippen molar-refractivity contribution in [3.05, 3.63) is 29.8 Å². The largest absolute Gasteiger partial charge is 0.388 e. The Kier molecular flexibility index (Phi) is 4.46. The lowest BCUT2D eigenvalue weighted by molar-refractivity contribution is -0.154. The molecule has 1 saturated heterocycles. The maximum atomic E-state index is 13.2. The van der Waals surface area contributed by atoms with Crippen molar-refractivity contribution < 1.29 is 23.4 Å². The molecule has 1 saturated carbocycles. The van der Waals surface area contributed by atoms with Crippen LogP contribution in [0.4, 0.5) is 0 Å². The summed E-state index contributed by atoms with van der Waals surface area (Å²) in [5.74, 6) is -0.0413. The van der Waals surface area contributed by atoms with Crippen molar-refractivity contribution in [2.24, 2.45) is 0 Å². The molecule has 1 aliphatic carbocycles. The molecule has 2 fully saturated rings. The van der Waals surface area contributed by atoms with Crippen LogP contribution >= 0.6 is 0 Å². The van der Waals surface area contributed by atoms with Gasteiger partial charge in [0.2, 0.25) is 5.91 Å². The number of aliphatic hydroxyl groups excluding tert-OH is 1. The Morgan fingerprint density at radius 3 is 2.24 bits per heavy atom. The van der Waals surface area contributed by atoms with Gasteiger partial charge in [-0.05, 0) is 43.9 Å². The van der Waals surface area contributed by atoms with E-state index in [1.165, 1.54) is 0 Å².